The fourth-order valence-electron chi connectivity index (χ4n) is 2.51. The van der Waals surface area contributed by atoms with Crippen LogP contribution < -0.4 is 0 Å². The molecule has 1 aromatic rings. The second-order valence-electron chi connectivity index (χ2n) is 4.80. The largest absolute Gasteiger partial charge is 0.465 e. The van der Waals surface area contributed by atoms with Gasteiger partial charge in [-0.05, 0) is 44.5 Å². The molecule has 1 atom stereocenters. The molecule has 0 N–H and O–H groups in total. The molecule has 1 aliphatic heterocycles. The molecule has 0 aromatic heterocycles. The van der Waals surface area contributed by atoms with E-state index in [1.54, 1.807) is 6.92 Å². The first-order chi connectivity index (χ1) is 9.65. The number of halogens is 1. The van der Waals surface area contributed by atoms with E-state index in [0.29, 0.717) is 24.3 Å². The van der Waals surface area contributed by atoms with Crippen molar-refractivity contribution in [2.24, 2.45) is 0 Å². The number of nitrogens with zero attached hydrogens (tertiary/aromatic N) is 2. The molecule has 0 bridgehead atoms. The van der Waals surface area contributed by atoms with E-state index in [-0.39, 0.29) is 17.8 Å². The van der Waals surface area contributed by atoms with E-state index in [4.69, 9.17) is 10.00 Å². The molecule has 0 spiro atoms. The summed E-state index contributed by atoms with van der Waals surface area (Å²) in [5.74, 6) is -0.597. The zero-order chi connectivity index (χ0) is 14.5. The Morgan fingerprint density at radius 1 is 1.60 bits per heavy atom. The van der Waals surface area contributed by atoms with Gasteiger partial charge >= 0.3 is 5.97 Å². The summed E-state index contributed by atoms with van der Waals surface area (Å²) in [5, 5.41) is 8.86. The lowest BCUT2D eigenvalue weighted by Crippen LogP contribution is -2.37. The molecule has 0 saturated carbocycles. The number of hydrogen-bond donors (Lipinski definition) is 0. The van der Waals surface area contributed by atoms with Crippen LogP contribution in [0, 0.1) is 17.1 Å². The van der Waals surface area contributed by atoms with Crippen LogP contribution in [-0.4, -0.2) is 30.1 Å². The first-order valence-corrected chi connectivity index (χ1v) is 6.75. The Labute approximate surface area is 117 Å². The van der Waals surface area contributed by atoms with Gasteiger partial charge in [-0.25, -0.2) is 4.39 Å². The number of ether oxygens (including phenoxy) is 1. The number of rotatable bonds is 4. The van der Waals surface area contributed by atoms with Crippen LogP contribution in [0.2, 0.25) is 0 Å². The van der Waals surface area contributed by atoms with Gasteiger partial charge in [0.05, 0.1) is 18.2 Å². The zero-order valence-electron chi connectivity index (χ0n) is 11.4. The fourth-order valence-corrected chi connectivity index (χ4v) is 2.51. The number of benzene rings is 1. The Hall–Kier alpha value is -1.93. The summed E-state index contributed by atoms with van der Waals surface area (Å²) in [7, 11) is 0. The van der Waals surface area contributed by atoms with E-state index in [1.165, 1.54) is 18.2 Å². The summed E-state index contributed by atoms with van der Waals surface area (Å²) in [4.78, 5) is 13.8. The summed E-state index contributed by atoms with van der Waals surface area (Å²) in [6.45, 7) is 3.18. The van der Waals surface area contributed by atoms with Gasteiger partial charge in [0.2, 0.25) is 0 Å². The predicted molar refractivity (Wildman–Crippen MR) is 71.2 cm³/mol. The molecule has 5 heteroatoms. The minimum absolute atomic E-state index is 0.248. The van der Waals surface area contributed by atoms with E-state index in [0.717, 1.165) is 19.4 Å². The van der Waals surface area contributed by atoms with Crippen molar-refractivity contribution in [1.82, 2.24) is 4.90 Å². The van der Waals surface area contributed by atoms with E-state index in [2.05, 4.69) is 0 Å². The van der Waals surface area contributed by atoms with Crippen molar-refractivity contribution in [3.05, 3.63) is 35.1 Å². The molecule has 1 aliphatic rings. The van der Waals surface area contributed by atoms with Crippen LogP contribution in [0.25, 0.3) is 0 Å². The smallest absolute Gasteiger partial charge is 0.323 e. The Kier molecular flexibility index (Phi) is 4.70. The Morgan fingerprint density at radius 3 is 3.10 bits per heavy atom. The average Bonchev–Trinajstić information content (AvgIpc) is 2.90. The van der Waals surface area contributed by atoms with Crippen molar-refractivity contribution in [3.8, 4) is 6.07 Å². The van der Waals surface area contributed by atoms with E-state index >= 15 is 0 Å². The summed E-state index contributed by atoms with van der Waals surface area (Å²) in [5.41, 5.74) is 0.869. The van der Waals surface area contributed by atoms with Crippen molar-refractivity contribution >= 4 is 5.97 Å². The maximum absolute atomic E-state index is 13.8. The summed E-state index contributed by atoms with van der Waals surface area (Å²) in [6.07, 6.45) is 1.63. The van der Waals surface area contributed by atoms with E-state index < -0.39 is 0 Å². The summed E-state index contributed by atoms with van der Waals surface area (Å²) < 4.78 is 18.8. The van der Waals surface area contributed by atoms with Crippen molar-refractivity contribution in [2.75, 3.05) is 13.2 Å². The summed E-state index contributed by atoms with van der Waals surface area (Å²) in [6, 6.07) is 5.97. The third-order valence-corrected chi connectivity index (χ3v) is 3.47. The molecule has 1 aromatic carbocycles. The first kappa shape index (κ1) is 14.5. The molecule has 0 aliphatic carbocycles. The number of esters is 1. The lowest BCUT2D eigenvalue weighted by Gasteiger charge is -2.23. The number of nitriles is 1. The highest BCUT2D eigenvalue weighted by Crippen LogP contribution is 2.22. The zero-order valence-corrected chi connectivity index (χ0v) is 11.4. The molecule has 1 fully saturated rings. The van der Waals surface area contributed by atoms with Gasteiger partial charge in [-0.1, -0.05) is 0 Å². The molecule has 4 nitrogen and oxygen atoms in total. The third-order valence-electron chi connectivity index (χ3n) is 3.47. The molecule has 106 valence electrons. The van der Waals surface area contributed by atoms with Gasteiger partial charge in [0.1, 0.15) is 11.9 Å². The second kappa shape index (κ2) is 6.49. The monoisotopic (exact) mass is 276 g/mol. The van der Waals surface area contributed by atoms with Crippen LogP contribution in [-0.2, 0) is 16.1 Å². The average molecular weight is 276 g/mol. The highest BCUT2D eigenvalue weighted by atomic mass is 19.1. The maximum atomic E-state index is 13.8. The van der Waals surface area contributed by atoms with Crippen LogP contribution in [0.15, 0.2) is 18.2 Å². The molecular formula is C15H17FN2O2. The summed E-state index contributed by atoms with van der Waals surface area (Å²) >= 11 is 0. The normalized spacial score (nSPS) is 18.8. The lowest BCUT2D eigenvalue weighted by atomic mass is 10.1. The highest BCUT2D eigenvalue weighted by molar-refractivity contribution is 5.76. The van der Waals surface area contributed by atoms with Gasteiger partial charge < -0.3 is 4.74 Å². The van der Waals surface area contributed by atoms with Crippen LogP contribution >= 0.6 is 0 Å². The van der Waals surface area contributed by atoms with Crippen molar-refractivity contribution in [2.45, 2.75) is 32.4 Å². The third kappa shape index (κ3) is 3.14. The molecule has 0 amide bonds. The van der Waals surface area contributed by atoms with Crippen molar-refractivity contribution in [1.29, 1.82) is 5.26 Å². The topological polar surface area (TPSA) is 53.3 Å². The minimum Gasteiger partial charge on any atom is -0.465 e. The van der Waals surface area contributed by atoms with Crippen LogP contribution in [0.5, 0.6) is 0 Å². The number of likely N-dealkylation sites (tertiary alicyclic amines) is 1. The molecular weight excluding hydrogens is 259 g/mol. The number of carbonyl (C=O) groups excluding carboxylic acids is 1. The Morgan fingerprint density at radius 2 is 2.40 bits per heavy atom. The van der Waals surface area contributed by atoms with E-state index in [1.807, 2.05) is 11.0 Å². The molecule has 20 heavy (non-hydrogen) atoms. The standard InChI is InChI=1S/C15H17FN2O2/c1-2-20-15(19)14-4-3-7-18(14)10-12-8-11(9-17)5-6-13(12)16/h5-6,8,14H,2-4,7,10H2,1H3. The number of carbonyl (C=O) groups is 1. The van der Waals surface area contributed by atoms with Gasteiger partial charge in [0.15, 0.2) is 0 Å². The Bertz CT molecular complexity index is 539. The molecule has 1 unspecified atom stereocenters. The Balaban J connectivity index is 2.13. The van der Waals surface area contributed by atoms with Crippen LogP contribution in [0.1, 0.15) is 30.9 Å². The first-order valence-electron chi connectivity index (χ1n) is 6.75. The molecule has 1 heterocycles. The van der Waals surface area contributed by atoms with Gasteiger partial charge in [-0.2, -0.15) is 5.26 Å². The van der Waals surface area contributed by atoms with Crippen LogP contribution in [0.3, 0.4) is 0 Å². The van der Waals surface area contributed by atoms with Gasteiger partial charge in [-0.15, -0.1) is 0 Å². The molecule has 1 saturated heterocycles. The molecule has 2 rings (SSSR count). The highest BCUT2D eigenvalue weighted by Gasteiger charge is 2.32. The van der Waals surface area contributed by atoms with Gasteiger partial charge in [0, 0.05) is 12.1 Å². The maximum Gasteiger partial charge on any atom is 0.323 e. The van der Waals surface area contributed by atoms with Crippen molar-refractivity contribution < 1.29 is 13.9 Å². The predicted octanol–water partition coefficient (Wildman–Crippen LogP) is 2.22. The number of hydrogen-bond acceptors (Lipinski definition) is 4. The minimum atomic E-state index is -0.349. The van der Waals surface area contributed by atoms with E-state index in [9.17, 15) is 9.18 Å². The SMILES string of the molecule is CCOC(=O)C1CCCN1Cc1cc(C#N)ccc1F. The second-order valence-corrected chi connectivity index (χ2v) is 4.80. The van der Waals surface area contributed by atoms with Gasteiger partial charge in [-0.3, -0.25) is 9.69 Å². The quantitative estimate of drug-likeness (QED) is 0.791. The van der Waals surface area contributed by atoms with Crippen LogP contribution in [0.4, 0.5) is 4.39 Å². The fraction of sp³-hybridized carbons (Fsp3) is 0.467. The van der Waals surface area contributed by atoms with Crippen molar-refractivity contribution in [3.63, 3.8) is 0 Å². The molecule has 0 radical (unpaired) electrons. The van der Waals surface area contributed by atoms with Gasteiger partial charge in [0.25, 0.3) is 0 Å². The lowest BCUT2D eigenvalue weighted by molar-refractivity contribution is -0.148.